The number of ether oxygens (including phenoxy) is 1. The summed E-state index contributed by atoms with van der Waals surface area (Å²) in [7, 11) is -2.83. The number of alkyl halides is 3. The third-order valence-corrected chi connectivity index (χ3v) is 7.09. The van der Waals surface area contributed by atoms with Crippen molar-refractivity contribution in [3.8, 4) is 0 Å². The van der Waals surface area contributed by atoms with Crippen molar-refractivity contribution in [3.05, 3.63) is 11.8 Å². The average Bonchev–Trinajstić information content (AvgIpc) is 2.95. The first-order valence-corrected chi connectivity index (χ1v) is 10.5. The van der Waals surface area contributed by atoms with E-state index in [4.69, 9.17) is 4.74 Å². The first kappa shape index (κ1) is 25.2. The van der Waals surface area contributed by atoms with Gasteiger partial charge >= 0.3 is 12.3 Å². The molecule has 0 radical (unpaired) electrons. The lowest BCUT2D eigenvalue weighted by molar-refractivity contribution is -0.141. The molecule has 0 aliphatic carbocycles. The van der Waals surface area contributed by atoms with Crippen molar-refractivity contribution in [2.45, 2.75) is 62.6 Å². The van der Waals surface area contributed by atoms with Crippen molar-refractivity contribution in [1.82, 2.24) is 14.7 Å². The third-order valence-electron chi connectivity index (χ3n) is 4.76. The lowest BCUT2D eigenvalue weighted by Crippen LogP contribution is -2.44. The molecule has 0 aromatic carbocycles. The van der Waals surface area contributed by atoms with Gasteiger partial charge < -0.3 is 9.64 Å². The molecule has 1 saturated heterocycles. The van der Waals surface area contributed by atoms with Crippen LogP contribution in [0.25, 0.3) is 0 Å². The fourth-order valence-electron chi connectivity index (χ4n) is 3.18. The predicted octanol–water partition coefficient (Wildman–Crippen LogP) is 3.40. The van der Waals surface area contributed by atoms with E-state index in [-0.39, 0.29) is 10.6 Å². The Morgan fingerprint density at radius 3 is 2.17 bits per heavy atom. The molecule has 1 aliphatic heterocycles. The monoisotopic (exact) mass is 445 g/mol. The van der Waals surface area contributed by atoms with Crippen LogP contribution in [0.3, 0.4) is 0 Å². The number of nitrogens with zero attached hydrogens (tertiary/aromatic N) is 3. The number of aromatic nitrogens is 2. The standard InChI is InChI=1S/C17H26F3N3O4S.FH/c1-11(12-6-8-23(9-7-12)15(24)27-16(2,3)4)28(25,26)14-10-13(17(18,19)20)21-22(14)5;/h10-12H,6-9H2,1-5H3;1H/t11-;/m0./s1. The van der Waals surface area contributed by atoms with Gasteiger partial charge in [0.15, 0.2) is 20.6 Å². The number of likely N-dealkylation sites (tertiary alicyclic amines) is 1. The third kappa shape index (κ3) is 5.83. The van der Waals surface area contributed by atoms with Crippen LogP contribution in [-0.2, 0) is 27.8 Å². The molecule has 168 valence electrons. The first-order chi connectivity index (χ1) is 12.6. The van der Waals surface area contributed by atoms with Gasteiger partial charge in [-0.25, -0.2) is 13.2 Å². The SMILES string of the molecule is C[C@@H](C1CCN(C(=O)OC(C)(C)C)CC1)S(=O)(=O)c1cc(C(F)(F)F)nn1C.F. The quantitative estimate of drug-likeness (QED) is 0.666. The minimum absolute atomic E-state index is 0. The van der Waals surface area contributed by atoms with E-state index in [2.05, 4.69) is 5.10 Å². The summed E-state index contributed by atoms with van der Waals surface area (Å²) >= 11 is 0. The van der Waals surface area contributed by atoms with E-state index in [9.17, 15) is 26.4 Å². The van der Waals surface area contributed by atoms with E-state index < -0.39 is 43.7 Å². The van der Waals surface area contributed by atoms with E-state index in [1.807, 2.05) is 0 Å². The zero-order valence-electron chi connectivity index (χ0n) is 17.0. The molecule has 0 unspecified atom stereocenters. The summed E-state index contributed by atoms with van der Waals surface area (Å²) in [4.78, 5) is 13.6. The maximum Gasteiger partial charge on any atom is 0.435 e. The minimum Gasteiger partial charge on any atom is -0.444 e. The van der Waals surface area contributed by atoms with Gasteiger partial charge in [-0.3, -0.25) is 9.39 Å². The zero-order chi connectivity index (χ0) is 21.5. The van der Waals surface area contributed by atoms with E-state index in [1.54, 1.807) is 20.8 Å². The van der Waals surface area contributed by atoms with Crippen LogP contribution in [0, 0.1) is 5.92 Å². The van der Waals surface area contributed by atoms with Crippen molar-refractivity contribution < 1.29 is 35.8 Å². The number of carbonyl (C=O) groups is 1. The van der Waals surface area contributed by atoms with Crippen molar-refractivity contribution in [2.24, 2.45) is 13.0 Å². The summed E-state index contributed by atoms with van der Waals surface area (Å²) in [6.45, 7) is 7.43. The molecule has 1 aliphatic rings. The molecule has 0 saturated carbocycles. The number of carbonyl (C=O) groups excluding carboxylic acids is 1. The lowest BCUT2D eigenvalue weighted by Gasteiger charge is -2.35. The number of aryl methyl sites for hydroxylation is 1. The fraction of sp³-hybridized carbons (Fsp3) is 0.765. The molecule has 1 fully saturated rings. The van der Waals surface area contributed by atoms with Gasteiger partial charge in [0.2, 0.25) is 0 Å². The van der Waals surface area contributed by atoms with Crippen LogP contribution in [-0.4, -0.2) is 53.1 Å². The number of sulfone groups is 1. The summed E-state index contributed by atoms with van der Waals surface area (Å²) in [5, 5.41) is 1.93. The molecule has 29 heavy (non-hydrogen) atoms. The molecule has 2 heterocycles. The Balaban J connectivity index is 0.00000420. The highest BCUT2D eigenvalue weighted by atomic mass is 32.2. The largest absolute Gasteiger partial charge is 0.444 e. The van der Waals surface area contributed by atoms with Gasteiger partial charge in [0, 0.05) is 26.2 Å². The summed E-state index contributed by atoms with van der Waals surface area (Å²) < 4.78 is 70.3. The Kier molecular flexibility index (Phi) is 7.37. The first-order valence-electron chi connectivity index (χ1n) is 8.96. The second-order valence-electron chi connectivity index (χ2n) is 8.04. The Morgan fingerprint density at radius 2 is 1.76 bits per heavy atom. The number of amides is 1. The van der Waals surface area contributed by atoms with Gasteiger partial charge in [-0.05, 0) is 46.5 Å². The van der Waals surface area contributed by atoms with Crippen LogP contribution in [0.4, 0.5) is 22.7 Å². The molecule has 1 atom stereocenters. The van der Waals surface area contributed by atoms with Crippen LogP contribution in [0.1, 0.15) is 46.2 Å². The maximum absolute atomic E-state index is 12.9. The van der Waals surface area contributed by atoms with E-state index in [0.29, 0.717) is 32.0 Å². The van der Waals surface area contributed by atoms with Crippen LogP contribution >= 0.6 is 0 Å². The minimum atomic E-state index is -4.71. The van der Waals surface area contributed by atoms with Gasteiger partial charge in [0.05, 0.1) is 5.25 Å². The summed E-state index contributed by atoms with van der Waals surface area (Å²) in [5.74, 6) is -0.284. The van der Waals surface area contributed by atoms with Crippen molar-refractivity contribution in [2.75, 3.05) is 13.1 Å². The van der Waals surface area contributed by atoms with Gasteiger partial charge in [0.1, 0.15) is 5.60 Å². The Morgan fingerprint density at radius 1 is 1.24 bits per heavy atom. The molecule has 0 spiro atoms. The number of hydrogen-bond donors (Lipinski definition) is 0. The van der Waals surface area contributed by atoms with Gasteiger partial charge in [-0.1, -0.05) is 0 Å². The van der Waals surface area contributed by atoms with Gasteiger partial charge in [-0.2, -0.15) is 18.3 Å². The Bertz CT molecular complexity index is 823. The molecule has 7 nitrogen and oxygen atoms in total. The van der Waals surface area contributed by atoms with Crippen molar-refractivity contribution >= 4 is 15.9 Å². The molecule has 1 aromatic rings. The molecule has 12 heteroatoms. The zero-order valence-corrected chi connectivity index (χ0v) is 17.8. The number of piperidine rings is 1. The highest BCUT2D eigenvalue weighted by molar-refractivity contribution is 7.92. The lowest BCUT2D eigenvalue weighted by atomic mass is 9.94. The highest BCUT2D eigenvalue weighted by Crippen LogP contribution is 2.33. The van der Waals surface area contributed by atoms with Gasteiger partial charge in [0.25, 0.3) is 0 Å². The molecule has 2 rings (SSSR count). The van der Waals surface area contributed by atoms with E-state index in [0.717, 1.165) is 4.68 Å². The fourth-order valence-corrected chi connectivity index (χ4v) is 5.02. The summed E-state index contributed by atoms with van der Waals surface area (Å²) in [6, 6.07) is 0.571. The average molecular weight is 445 g/mol. The summed E-state index contributed by atoms with van der Waals surface area (Å²) in [5.41, 5.74) is -1.86. The van der Waals surface area contributed by atoms with Crippen LogP contribution < -0.4 is 0 Å². The Labute approximate surface area is 167 Å². The number of rotatable bonds is 3. The molecule has 1 amide bonds. The van der Waals surface area contributed by atoms with Crippen LogP contribution in [0.5, 0.6) is 0 Å². The van der Waals surface area contributed by atoms with Crippen molar-refractivity contribution in [3.63, 3.8) is 0 Å². The molecular weight excluding hydrogens is 418 g/mol. The number of hydrogen-bond acceptors (Lipinski definition) is 5. The van der Waals surface area contributed by atoms with Crippen molar-refractivity contribution in [1.29, 1.82) is 0 Å². The topological polar surface area (TPSA) is 81.5 Å². The summed E-state index contributed by atoms with van der Waals surface area (Å²) in [6.07, 6.45) is -4.33. The molecular formula is C17H27F4N3O4S. The highest BCUT2D eigenvalue weighted by Gasteiger charge is 2.40. The predicted molar refractivity (Wildman–Crippen MR) is 97.9 cm³/mol. The second kappa shape index (κ2) is 8.49. The van der Waals surface area contributed by atoms with E-state index >= 15 is 0 Å². The molecule has 1 aromatic heterocycles. The molecule has 0 bridgehead atoms. The van der Waals surface area contributed by atoms with Gasteiger partial charge in [-0.15, -0.1) is 0 Å². The second-order valence-corrected chi connectivity index (χ2v) is 10.3. The van der Waals surface area contributed by atoms with E-state index in [1.165, 1.54) is 18.9 Å². The number of halogens is 4. The Hall–Kier alpha value is -1.85. The molecule has 0 N–H and O–H groups in total. The van der Waals surface area contributed by atoms with Crippen LogP contribution in [0.2, 0.25) is 0 Å². The normalized spacial score (nSPS) is 17.6. The maximum atomic E-state index is 12.9. The van der Waals surface area contributed by atoms with Crippen LogP contribution in [0.15, 0.2) is 11.1 Å². The smallest absolute Gasteiger partial charge is 0.435 e.